The summed E-state index contributed by atoms with van der Waals surface area (Å²) in [7, 11) is 0. The lowest BCUT2D eigenvalue weighted by atomic mass is 10.1. The van der Waals surface area contributed by atoms with Crippen molar-refractivity contribution in [3.05, 3.63) is 71.1 Å². The second kappa shape index (κ2) is 6.19. The van der Waals surface area contributed by atoms with E-state index in [1.165, 1.54) is 23.7 Å². The molecule has 3 nitrogen and oxygen atoms in total. The third kappa shape index (κ3) is 2.72. The smallest absolute Gasteiger partial charge is 0.231 e. The molecule has 0 saturated carbocycles. The predicted octanol–water partition coefficient (Wildman–Crippen LogP) is 5.94. The Morgan fingerprint density at radius 3 is 2.58 bits per heavy atom. The number of nitrogens with zero attached hydrogens (tertiary/aromatic N) is 2. The highest BCUT2D eigenvalue weighted by Crippen LogP contribution is 2.39. The monoisotopic (exact) mass is 356 g/mol. The number of hydrogen-bond donors (Lipinski definition) is 0. The Morgan fingerprint density at radius 1 is 1.00 bits per heavy atom. The first kappa shape index (κ1) is 15.1. The fraction of sp³-hybridized carbons (Fsp3) is 0. The Kier molecular flexibility index (Phi) is 3.88. The standard InChI is InChI=1S/C18H10ClFN2OS/c19-12-7-5-11(6-8-12)13-9-24-18-16(13)17(21-10-22-18)23-15-4-2-1-3-14(15)20/h1-10H. The van der Waals surface area contributed by atoms with Gasteiger partial charge in [-0.05, 0) is 29.8 Å². The molecule has 118 valence electrons. The first-order valence-corrected chi connectivity index (χ1v) is 8.38. The Labute approximate surface area is 146 Å². The molecule has 6 heteroatoms. The van der Waals surface area contributed by atoms with E-state index in [9.17, 15) is 4.39 Å². The van der Waals surface area contributed by atoms with Crippen LogP contribution >= 0.6 is 22.9 Å². The van der Waals surface area contributed by atoms with Crippen LogP contribution in [0.25, 0.3) is 21.3 Å². The van der Waals surface area contributed by atoms with E-state index >= 15 is 0 Å². The van der Waals surface area contributed by atoms with Crippen molar-refractivity contribution < 1.29 is 9.13 Å². The molecule has 2 aromatic heterocycles. The summed E-state index contributed by atoms with van der Waals surface area (Å²) in [6, 6.07) is 13.7. The Morgan fingerprint density at radius 2 is 1.79 bits per heavy atom. The molecule has 4 rings (SSSR count). The van der Waals surface area contributed by atoms with Crippen molar-refractivity contribution in [2.45, 2.75) is 0 Å². The summed E-state index contributed by atoms with van der Waals surface area (Å²) in [6.45, 7) is 0. The van der Waals surface area contributed by atoms with E-state index in [0.29, 0.717) is 10.9 Å². The van der Waals surface area contributed by atoms with Gasteiger partial charge in [-0.1, -0.05) is 35.9 Å². The van der Waals surface area contributed by atoms with E-state index in [2.05, 4.69) is 9.97 Å². The minimum absolute atomic E-state index is 0.130. The first-order valence-electron chi connectivity index (χ1n) is 7.13. The van der Waals surface area contributed by atoms with Gasteiger partial charge in [-0.25, -0.2) is 14.4 Å². The molecular formula is C18H10ClFN2OS. The van der Waals surface area contributed by atoms with Crippen molar-refractivity contribution in [1.82, 2.24) is 9.97 Å². The number of fused-ring (bicyclic) bond motifs is 1. The molecule has 0 fully saturated rings. The van der Waals surface area contributed by atoms with Gasteiger partial charge in [-0.3, -0.25) is 0 Å². The molecule has 2 aromatic carbocycles. The lowest BCUT2D eigenvalue weighted by Crippen LogP contribution is -1.92. The number of hydrogen-bond acceptors (Lipinski definition) is 4. The summed E-state index contributed by atoms with van der Waals surface area (Å²) in [5.74, 6) is 0.0228. The topological polar surface area (TPSA) is 35.0 Å². The van der Waals surface area contributed by atoms with E-state index in [-0.39, 0.29) is 5.75 Å². The maximum Gasteiger partial charge on any atom is 0.231 e. The lowest BCUT2D eigenvalue weighted by Gasteiger charge is -2.08. The van der Waals surface area contributed by atoms with E-state index in [1.54, 1.807) is 18.2 Å². The van der Waals surface area contributed by atoms with Crippen LogP contribution in [0, 0.1) is 5.82 Å². The molecule has 0 bridgehead atoms. The third-order valence-electron chi connectivity index (χ3n) is 3.53. The summed E-state index contributed by atoms with van der Waals surface area (Å²) in [4.78, 5) is 9.26. The molecule has 0 aliphatic rings. The average molecular weight is 357 g/mol. The number of halogens is 2. The van der Waals surface area contributed by atoms with Crippen LogP contribution in [0.5, 0.6) is 11.6 Å². The zero-order valence-electron chi connectivity index (χ0n) is 12.2. The number of aromatic nitrogens is 2. The quantitative estimate of drug-likeness (QED) is 0.455. The average Bonchev–Trinajstić information content (AvgIpc) is 3.03. The minimum atomic E-state index is -0.437. The van der Waals surface area contributed by atoms with Crippen LogP contribution in [-0.2, 0) is 0 Å². The normalized spacial score (nSPS) is 10.9. The molecule has 0 radical (unpaired) electrons. The number of ether oxygens (including phenoxy) is 1. The van der Waals surface area contributed by atoms with Crippen LogP contribution in [0.2, 0.25) is 5.02 Å². The third-order valence-corrected chi connectivity index (χ3v) is 4.67. The van der Waals surface area contributed by atoms with Crippen molar-refractivity contribution in [2.24, 2.45) is 0 Å². The first-order chi connectivity index (χ1) is 11.7. The van der Waals surface area contributed by atoms with Crippen LogP contribution in [0.4, 0.5) is 4.39 Å². The highest BCUT2D eigenvalue weighted by atomic mass is 35.5. The summed E-state index contributed by atoms with van der Waals surface area (Å²) in [5, 5.41) is 3.40. The molecule has 0 N–H and O–H groups in total. The highest BCUT2D eigenvalue weighted by Gasteiger charge is 2.16. The van der Waals surface area contributed by atoms with Gasteiger partial charge in [0.1, 0.15) is 11.2 Å². The second-order valence-corrected chi connectivity index (χ2v) is 6.34. The molecular weight excluding hydrogens is 347 g/mol. The lowest BCUT2D eigenvalue weighted by molar-refractivity contribution is 0.432. The minimum Gasteiger partial charge on any atom is -0.435 e. The Bertz CT molecular complexity index is 1020. The van der Waals surface area contributed by atoms with Crippen molar-refractivity contribution in [1.29, 1.82) is 0 Å². The summed E-state index contributed by atoms with van der Waals surface area (Å²) >= 11 is 7.44. The van der Waals surface area contributed by atoms with Gasteiger partial charge >= 0.3 is 0 Å². The van der Waals surface area contributed by atoms with E-state index < -0.39 is 5.82 Å². The van der Waals surface area contributed by atoms with Crippen molar-refractivity contribution in [3.63, 3.8) is 0 Å². The molecule has 0 aliphatic heterocycles. The SMILES string of the molecule is Fc1ccccc1Oc1ncnc2scc(-c3ccc(Cl)cc3)c12. The van der Waals surface area contributed by atoms with Crippen LogP contribution in [0.3, 0.4) is 0 Å². The molecule has 24 heavy (non-hydrogen) atoms. The number of para-hydroxylation sites is 1. The van der Waals surface area contributed by atoms with Crippen LogP contribution in [0.15, 0.2) is 60.2 Å². The van der Waals surface area contributed by atoms with Gasteiger partial charge < -0.3 is 4.74 Å². The fourth-order valence-corrected chi connectivity index (χ4v) is 3.43. The Hall–Kier alpha value is -2.50. The van der Waals surface area contributed by atoms with Gasteiger partial charge in [-0.15, -0.1) is 11.3 Å². The number of rotatable bonds is 3. The van der Waals surface area contributed by atoms with Crippen molar-refractivity contribution >= 4 is 33.2 Å². The van der Waals surface area contributed by atoms with Crippen LogP contribution in [-0.4, -0.2) is 9.97 Å². The second-order valence-electron chi connectivity index (χ2n) is 5.05. The van der Waals surface area contributed by atoms with Gasteiger partial charge in [0.15, 0.2) is 11.6 Å². The zero-order chi connectivity index (χ0) is 16.5. The van der Waals surface area contributed by atoms with Crippen LogP contribution < -0.4 is 4.74 Å². The van der Waals surface area contributed by atoms with E-state index in [4.69, 9.17) is 16.3 Å². The summed E-state index contributed by atoms with van der Waals surface area (Å²) < 4.78 is 19.6. The molecule has 0 atom stereocenters. The maximum atomic E-state index is 13.9. The van der Waals surface area contributed by atoms with E-state index in [1.807, 2.05) is 29.6 Å². The molecule has 0 amide bonds. The highest BCUT2D eigenvalue weighted by molar-refractivity contribution is 7.17. The maximum absolute atomic E-state index is 13.9. The zero-order valence-corrected chi connectivity index (χ0v) is 13.8. The molecule has 0 unspecified atom stereocenters. The molecule has 0 spiro atoms. The fourth-order valence-electron chi connectivity index (χ4n) is 2.40. The molecule has 4 aromatic rings. The molecule has 2 heterocycles. The number of benzene rings is 2. The largest absolute Gasteiger partial charge is 0.435 e. The van der Waals surface area contributed by atoms with Gasteiger partial charge in [-0.2, -0.15) is 0 Å². The van der Waals surface area contributed by atoms with E-state index in [0.717, 1.165) is 21.3 Å². The molecule has 0 saturated heterocycles. The summed E-state index contributed by atoms with van der Waals surface area (Å²) in [6.07, 6.45) is 1.42. The van der Waals surface area contributed by atoms with Gasteiger partial charge in [0.2, 0.25) is 5.88 Å². The number of thiophene rings is 1. The molecule has 0 aliphatic carbocycles. The Balaban J connectivity index is 1.86. The van der Waals surface area contributed by atoms with Crippen LogP contribution in [0.1, 0.15) is 0 Å². The van der Waals surface area contributed by atoms with Gasteiger partial charge in [0.05, 0.1) is 5.39 Å². The van der Waals surface area contributed by atoms with Gasteiger partial charge in [0, 0.05) is 16.0 Å². The van der Waals surface area contributed by atoms with Crippen molar-refractivity contribution in [2.75, 3.05) is 0 Å². The predicted molar refractivity (Wildman–Crippen MR) is 94.3 cm³/mol. The van der Waals surface area contributed by atoms with Crippen molar-refractivity contribution in [3.8, 4) is 22.8 Å². The summed E-state index contributed by atoms with van der Waals surface area (Å²) in [5.41, 5.74) is 1.90. The van der Waals surface area contributed by atoms with Gasteiger partial charge in [0.25, 0.3) is 0 Å².